The standard InChI is InChI=1S/C11H19NO3/c1-9(14)7-10(15)5-6-12(4)11(2,3)8-13/h5-6,13H,7-8H2,1-4H3/b6-5+. The molecule has 0 unspecified atom stereocenters. The van der Waals surface area contributed by atoms with Crippen molar-refractivity contribution in [2.45, 2.75) is 32.7 Å². The van der Waals surface area contributed by atoms with Crippen molar-refractivity contribution >= 4 is 11.6 Å². The highest BCUT2D eigenvalue weighted by Gasteiger charge is 2.19. The van der Waals surface area contributed by atoms with Gasteiger partial charge >= 0.3 is 0 Å². The lowest BCUT2D eigenvalue weighted by Gasteiger charge is -2.32. The molecular formula is C11H19NO3. The van der Waals surface area contributed by atoms with Crippen LogP contribution in [0.5, 0.6) is 0 Å². The van der Waals surface area contributed by atoms with Crippen molar-refractivity contribution in [2.75, 3.05) is 13.7 Å². The smallest absolute Gasteiger partial charge is 0.164 e. The van der Waals surface area contributed by atoms with Crippen molar-refractivity contribution in [3.63, 3.8) is 0 Å². The van der Waals surface area contributed by atoms with E-state index in [0.717, 1.165) is 0 Å². The summed E-state index contributed by atoms with van der Waals surface area (Å²) in [5.41, 5.74) is -0.410. The van der Waals surface area contributed by atoms with Gasteiger partial charge in [-0.05, 0) is 26.8 Å². The van der Waals surface area contributed by atoms with Gasteiger partial charge in [-0.15, -0.1) is 0 Å². The number of hydrogen-bond donors (Lipinski definition) is 1. The SMILES string of the molecule is CC(=O)CC(=O)/C=C/N(C)C(C)(C)CO. The van der Waals surface area contributed by atoms with Crippen LogP contribution in [0.4, 0.5) is 0 Å². The summed E-state index contributed by atoms with van der Waals surface area (Å²) in [5, 5.41) is 9.06. The Morgan fingerprint density at radius 1 is 1.40 bits per heavy atom. The molecule has 0 atom stereocenters. The van der Waals surface area contributed by atoms with Crippen LogP contribution in [0.15, 0.2) is 12.3 Å². The summed E-state index contributed by atoms with van der Waals surface area (Å²) in [6.07, 6.45) is 2.88. The molecule has 0 aliphatic heterocycles. The number of nitrogens with zero attached hydrogens (tertiary/aromatic N) is 1. The number of ketones is 2. The first-order valence-corrected chi connectivity index (χ1v) is 4.84. The van der Waals surface area contributed by atoms with Crippen LogP contribution in [0.3, 0.4) is 0 Å². The molecule has 0 bridgehead atoms. The van der Waals surface area contributed by atoms with Gasteiger partial charge in [0.05, 0.1) is 18.6 Å². The van der Waals surface area contributed by atoms with Gasteiger partial charge in [0.2, 0.25) is 0 Å². The molecule has 1 N–H and O–H groups in total. The first-order chi connectivity index (χ1) is 6.79. The quantitative estimate of drug-likeness (QED) is 0.522. The van der Waals surface area contributed by atoms with Gasteiger partial charge in [-0.3, -0.25) is 9.59 Å². The van der Waals surface area contributed by atoms with E-state index in [1.165, 1.54) is 13.0 Å². The number of allylic oxidation sites excluding steroid dienone is 1. The van der Waals surface area contributed by atoms with E-state index < -0.39 is 5.54 Å². The molecule has 0 saturated carbocycles. The number of aliphatic hydroxyl groups is 1. The van der Waals surface area contributed by atoms with Gasteiger partial charge in [0.1, 0.15) is 5.78 Å². The predicted molar refractivity (Wildman–Crippen MR) is 58.4 cm³/mol. The summed E-state index contributed by atoms with van der Waals surface area (Å²) in [5.74, 6) is -0.364. The highest BCUT2D eigenvalue weighted by atomic mass is 16.3. The van der Waals surface area contributed by atoms with Crippen molar-refractivity contribution in [2.24, 2.45) is 0 Å². The Kier molecular flexibility index (Phi) is 5.22. The van der Waals surface area contributed by atoms with Crippen LogP contribution in [0, 0.1) is 0 Å². The van der Waals surface area contributed by atoms with Gasteiger partial charge in [-0.1, -0.05) is 0 Å². The van der Waals surface area contributed by atoms with E-state index in [1.54, 1.807) is 18.1 Å². The number of aliphatic hydroxyl groups excluding tert-OH is 1. The third-order valence-electron chi connectivity index (χ3n) is 2.25. The molecule has 0 amide bonds. The molecule has 0 radical (unpaired) electrons. The van der Waals surface area contributed by atoms with Crippen molar-refractivity contribution in [3.05, 3.63) is 12.3 Å². The van der Waals surface area contributed by atoms with Crippen LogP contribution in [-0.4, -0.2) is 40.8 Å². The second-order valence-corrected chi connectivity index (χ2v) is 4.24. The third kappa shape index (κ3) is 5.32. The average Bonchev–Trinajstić information content (AvgIpc) is 2.13. The molecule has 0 aromatic heterocycles. The molecule has 0 rings (SSSR count). The van der Waals surface area contributed by atoms with Crippen molar-refractivity contribution < 1.29 is 14.7 Å². The molecule has 4 heteroatoms. The molecule has 86 valence electrons. The Labute approximate surface area is 90.6 Å². The minimum absolute atomic E-state index is 0.00522. The zero-order valence-electron chi connectivity index (χ0n) is 9.78. The van der Waals surface area contributed by atoms with Gasteiger partial charge in [-0.25, -0.2) is 0 Å². The maximum atomic E-state index is 11.2. The minimum atomic E-state index is -0.410. The average molecular weight is 213 g/mol. The normalized spacial score (nSPS) is 11.8. The second kappa shape index (κ2) is 5.66. The summed E-state index contributed by atoms with van der Waals surface area (Å²) in [7, 11) is 1.77. The Bertz CT molecular complexity index is 269. The van der Waals surface area contributed by atoms with E-state index >= 15 is 0 Å². The molecule has 0 spiro atoms. The lowest BCUT2D eigenvalue weighted by atomic mass is 10.1. The number of hydrogen-bond acceptors (Lipinski definition) is 4. The van der Waals surface area contributed by atoms with E-state index in [2.05, 4.69) is 0 Å². The fourth-order valence-corrected chi connectivity index (χ4v) is 0.813. The van der Waals surface area contributed by atoms with E-state index in [0.29, 0.717) is 0 Å². The maximum absolute atomic E-state index is 11.2. The minimum Gasteiger partial charge on any atom is -0.394 e. The van der Waals surface area contributed by atoms with E-state index in [4.69, 9.17) is 5.11 Å². The lowest BCUT2D eigenvalue weighted by Crippen LogP contribution is -2.40. The Balaban J connectivity index is 4.28. The van der Waals surface area contributed by atoms with Gasteiger partial charge in [0.25, 0.3) is 0 Å². The molecule has 0 saturated heterocycles. The number of likely N-dealkylation sites (N-methyl/N-ethyl adjacent to an activating group) is 1. The highest BCUT2D eigenvalue weighted by molar-refractivity contribution is 6.03. The first-order valence-electron chi connectivity index (χ1n) is 4.84. The molecule has 4 nitrogen and oxygen atoms in total. The molecule has 0 aromatic carbocycles. The Hall–Kier alpha value is -1.16. The van der Waals surface area contributed by atoms with Crippen LogP contribution < -0.4 is 0 Å². The van der Waals surface area contributed by atoms with Crippen LogP contribution in [0.25, 0.3) is 0 Å². The number of carbonyl (C=O) groups is 2. The molecule has 0 heterocycles. The molecule has 15 heavy (non-hydrogen) atoms. The van der Waals surface area contributed by atoms with Crippen LogP contribution >= 0.6 is 0 Å². The summed E-state index contributed by atoms with van der Waals surface area (Å²) in [4.78, 5) is 23.6. The van der Waals surface area contributed by atoms with Crippen LogP contribution in [-0.2, 0) is 9.59 Å². The largest absolute Gasteiger partial charge is 0.394 e. The van der Waals surface area contributed by atoms with Crippen molar-refractivity contribution in [3.8, 4) is 0 Å². The zero-order chi connectivity index (χ0) is 12.1. The maximum Gasteiger partial charge on any atom is 0.164 e. The molecular weight excluding hydrogens is 194 g/mol. The fraction of sp³-hybridized carbons (Fsp3) is 0.636. The van der Waals surface area contributed by atoms with Gasteiger partial charge in [0.15, 0.2) is 5.78 Å². The van der Waals surface area contributed by atoms with E-state index in [-0.39, 0.29) is 24.6 Å². The molecule has 0 aliphatic rings. The summed E-state index contributed by atoms with van der Waals surface area (Å²) >= 11 is 0. The van der Waals surface area contributed by atoms with Crippen LogP contribution in [0.2, 0.25) is 0 Å². The van der Waals surface area contributed by atoms with Crippen molar-refractivity contribution in [1.29, 1.82) is 0 Å². The molecule has 0 aliphatic carbocycles. The zero-order valence-corrected chi connectivity index (χ0v) is 9.78. The van der Waals surface area contributed by atoms with Gasteiger partial charge in [-0.2, -0.15) is 0 Å². The van der Waals surface area contributed by atoms with Crippen molar-refractivity contribution in [1.82, 2.24) is 4.90 Å². The summed E-state index contributed by atoms with van der Waals surface area (Å²) in [6, 6.07) is 0. The summed E-state index contributed by atoms with van der Waals surface area (Å²) in [6.45, 7) is 5.08. The number of rotatable bonds is 6. The second-order valence-electron chi connectivity index (χ2n) is 4.24. The fourth-order valence-electron chi connectivity index (χ4n) is 0.813. The highest BCUT2D eigenvalue weighted by Crippen LogP contribution is 2.10. The van der Waals surface area contributed by atoms with Gasteiger partial charge < -0.3 is 10.0 Å². The van der Waals surface area contributed by atoms with E-state index in [9.17, 15) is 9.59 Å². The Morgan fingerprint density at radius 2 is 1.93 bits per heavy atom. The number of Topliss-reactive ketones (excluding diaryl/α,β-unsaturated/α-hetero) is 1. The monoisotopic (exact) mass is 213 g/mol. The predicted octanol–water partition coefficient (Wildman–Crippen LogP) is 0.751. The first kappa shape index (κ1) is 13.8. The topological polar surface area (TPSA) is 57.6 Å². The molecule has 0 aromatic rings. The molecule has 0 fully saturated rings. The lowest BCUT2D eigenvalue weighted by molar-refractivity contribution is -0.123. The van der Waals surface area contributed by atoms with E-state index in [1.807, 2.05) is 13.8 Å². The Morgan fingerprint density at radius 3 is 2.33 bits per heavy atom. The van der Waals surface area contributed by atoms with Gasteiger partial charge in [0, 0.05) is 13.2 Å². The summed E-state index contributed by atoms with van der Waals surface area (Å²) < 4.78 is 0. The number of carbonyl (C=O) groups excluding carboxylic acids is 2. The third-order valence-corrected chi connectivity index (χ3v) is 2.25. The van der Waals surface area contributed by atoms with Crippen LogP contribution in [0.1, 0.15) is 27.2 Å².